The van der Waals surface area contributed by atoms with Gasteiger partial charge in [-0.2, -0.15) is 4.39 Å². The van der Waals surface area contributed by atoms with Gasteiger partial charge in [0.25, 0.3) is 0 Å². The van der Waals surface area contributed by atoms with Crippen molar-refractivity contribution in [1.29, 1.82) is 0 Å². The van der Waals surface area contributed by atoms with Gasteiger partial charge in [0, 0.05) is 5.92 Å². The van der Waals surface area contributed by atoms with Gasteiger partial charge in [0.2, 0.25) is 5.82 Å². The van der Waals surface area contributed by atoms with Gasteiger partial charge in [-0.1, -0.05) is 12.1 Å². The number of halogens is 2. The standard InChI is InChI=1S/C28H40F2O3/c1-3-23-12-5-19(17-32-23)18-33-24-13-10-21(11-14-24)20-6-8-22(9-7-20)25-15-16-26(31-4-2)28(30)27(25)29/h3,15-16,19-24H,1,4-14,17-18H2,2H3. The molecular formula is C28H40F2O3. The van der Waals surface area contributed by atoms with Crippen LogP contribution in [0.25, 0.3) is 0 Å². The number of hydrogen-bond acceptors (Lipinski definition) is 3. The largest absolute Gasteiger partial charge is 0.491 e. The van der Waals surface area contributed by atoms with E-state index in [1.54, 1.807) is 19.1 Å². The third-order valence-corrected chi connectivity index (χ3v) is 8.21. The lowest BCUT2D eigenvalue weighted by atomic mass is 9.69. The Bertz CT molecular complexity index is 759. The first-order valence-corrected chi connectivity index (χ1v) is 13.0. The maximum atomic E-state index is 14.6. The fourth-order valence-electron chi connectivity index (χ4n) is 6.17. The molecule has 1 aromatic rings. The third-order valence-electron chi connectivity index (χ3n) is 8.21. The Morgan fingerprint density at radius 2 is 1.64 bits per heavy atom. The van der Waals surface area contributed by atoms with Crippen LogP contribution in [0.2, 0.25) is 0 Å². The molecule has 2 saturated carbocycles. The minimum absolute atomic E-state index is 0.0170. The number of hydrogen-bond donors (Lipinski definition) is 0. The summed E-state index contributed by atoms with van der Waals surface area (Å²) >= 11 is 0. The van der Waals surface area contributed by atoms with E-state index in [-0.39, 0.29) is 17.8 Å². The molecule has 2 unspecified atom stereocenters. The molecule has 0 spiro atoms. The lowest BCUT2D eigenvalue weighted by Gasteiger charge is -2.38. The molecule has 2 aliphatic carbocycles. The topological polar surface area (TPSA) is 27.7 Å². The summed E-state index contributed by atoms with van der Waals surface area (Å²) in [4.78, 5) is 0. The molecule has 3 aliphatic rings. The summed E-state index contributed by atoms with van der Waals surface area (Å²) in [5.41, 5.74) is 0.526. The number of rotatable bonds is 8. The van der Waals surface area contributed by atoms with E-state index in [2.05, 4.69) is 6.58 Å². The fraction of sp³-hybridized carbons (Fsp3) is 0.714. The molecular weight excluding hydrogens is 422 g/mol. The Morgan fingerprint density at radius 3 is 2.24 bits per heavy atom. The van der Waals surface area contributed by atoms with Crippen molar-refractivity contribution in [2.75, 3.05) is 19.8 Å². The van der Waals surface area contributed by atoms with Crippen LogP contribution in [-0.2, 0) is 9.47 Å². The molecule has 0 N–H and O–H groups in total. The van der Waals surface area contributed by atoms with Crippen molar-refractivity contribution in [1.82, 2.24) is 0 Å². The van der Waals surface area contributed by atoms with Crippen LogP contribution in [0.4, 0.5) is 8.78 Å². The van der Waals surface area contributed by atoms with E-state index in [4.69, 9.17) is 14.2 Å². The Kier molecular flexibility index (Phi) is 8.81. The van der Waals surface area contributed by atoms with Gasteiger partial charge < -0.3 is 14.2 Å². The molecule has 0 aromatic heterocycles. The predicted octanol–water partition coefficient (Wildman–Crippen LogP) is 7.19. The van der Waals surface area contributed by atoms with Crippen LogP contribution in [0.15, 0.2) is 24.8 Å². The Labute approximate surface area is 197 Å². The molecule has 1 aromatic carbocycles. The molecule has 5 heteroatoms. The maximum Gasteiger partial charge on any atom is 0.200 e. The highest BCUT2D eigenvalue weighted by Gasteiger charge is 2.33. The van der Waals surface area contributed by atoms with Gasteiger partial charge in [-0.15, -0.1) is 6.58 Å². The monoisotopic (exact) mass is 462 g/mol. The van der Waals surface area contributed by atoms with Crippen molar-refractivity contribution in [3.8, 4) is 5.75 Å². The summed E-state index contributed by atoms with van der Waals surface area (Å²) in [7, 11) is 0. The van der Waals surface area contributed by atoms with Crippen molar-refractivity contribution < 1.29 is 23.0 Å². The molecule has 3 fully saturated rings. The molecule has 33 heavy (non-hydrogen) atoms. The molecule has 1 heterocycles. The zero-order valence-corrected chi connectivity index (χ0v) is 20.1. The second-order valence-electron chi connectivity index (χ2n) is 10.2. The molecule has 1 saturated heterocycles. The molecule has 2 atom stereocenters. The van der Waals surface area contributed by atoms with Crippen LogP contribution < -0.4 is 4.74 Å². The first-order valence-electron chi connectivity index (χ1n) is 13.0. The van der Waals surface area contributed by atoms with Crippen LogP contribution in [0.5, 0.6) is 5.75 Å². The highest BCUT2D eigenvalue weighted by Crippen LogP contribution is 2.44. The zero-order valence-electron chi connectivity index (χ0n) is 20.1. The van der Waals surface area contributed by atoms with Crippen molar-refractivity contribution in [2.45, 2.75) is 89.3 Å². The van der Waals surface area contributed by atoms with E-state index in [0.29, 0.717) is 30.1 Å². The van der Waals surface area contributed by atoms with Crippen LogP contribution >= 0.6 is 0 Å². The Morgan fingerprint density at radius 1 is 0.939 bits per heavy atom. The number of ether oxygens (including phenoxy) is 3. The minimum Gasteiger partial charge on any atom is -0.491 e. The summed E-state index contributed by atoms with van der Waals surface area (Å²) < 4.78 is 46.2. The van der Waals surface area contributed by atoms with Gasteiger partial charge in [0.1, 0.15) is 0 Å². The highest BCUT2D eigenvalue weighted by molar-refractivity contribution is 5.33. The lowest BCUT2D eigenvalue weighted by Crippen LogP contribution is -2.32. The smallest absolute Gasteiger partial charge is 0.200 e. The minimum atomic E-state index is -0.838. The molecule has 0 amide bonds. The third kappa shape index (κ3) is 6.16. The fourth-order valence-corrected chi connectivity index (χ4v) is 6.17. The molecule has 4 rings (SSSR count). The van der Waals surface area contributed by atoms with Gasteiger partial charge >= 0.3 is 0 Å². The van der Waals surface area contributed by atoms with Gasteiger partial charge in [-0.05, 0) is 101 Å². The highest BCUT2D eigenvalue weighted by atomic mass is 19.2. The summed E-state index contributed by atoms with van der Waals surface area (Å²) in [6, 6.07) is 3.31. The van der Waals surface area contributed by atoms with Crippen molar-refractivity contribution in [3.05, 3.63) is 42.0 Å². The Hall–Kier alpha value is -1.46. The van der Waals surface area contributed by atoms with E-state index in [0.717, 1.165) is 70.5 Å². The second kappa shape index (κ2) is 11.8. The summed E-state index contributed by atoms with van der Waals surface area (Å²) in [5.74, 6) is 0.551. The SMILES string of the molecule is C=CC1CCC(COC2CCC(C3CCC(c4ccc(OCC)c(F)c4F)CC3)CC2)CO1. The Balaban J connectivity index is 1.18. The van der Waals surface area contributed by atoms with Gasteiger partial charge in [0.05, 0.1) is 32.0 Å². The van der Waals surface area contributed by atoms with E-state index < -0.39 is 11.6 Å². The quantitative estimate of drug-likeness (QED) is 0.383. The summed E-state index contributed by atoms with van der Waals surface area (Å²) in [6.07, 6.45) is 13.6. The van der Waals surface area contributed by atoms with Crippen LogP contribution in [0.3, 0.4) is 0 Å². The van der Waals surface area contributed by atoms with Crippen molar-refractivity contribution in [2.24, 2.45) is 17.8 Å². The maximum absolute atomic E-state index is 14.6. The van der Waals surface area contributed by atoms with Crippen LogP contribution in [0.1, 0.15) is 82.6 Å². The van der Waals surface area contributed by atoms with Gasteiger partial charge in [-0.3, -0.25) is 0 Å². The predicted molar refractivity (Wildman–Crippen MR) is 127 cm³/mol. The van der Waals surface area contributed by atoms with Crippen LogP contribution in [0, 0.1) is 29.4 Å². The molecule has 3 nitrogen and oxygen atoms in total. The summed E-state index contributed by atoms with van der Waals surface area (Å²) in [5, 5.41) is 0. The molecule has 0 bridgehead atoms. The average Bonchev–Trinajstić information content (AvgIpc) is 2.87. The van der Waals surface area contributed by atoms with Gasteiger partial charge in [-0.25, -0.2) is 4.39 Å². The molecule has 0 radical (unpaired) electrons. The van der Waals surface area contributed by atoms with Crippen molar-refractivity contribution >= 4 is 0 Å². The summed E-state index contributed by atoms with van der Waals surface area (Å²) in [6.45, 7) is 7.52. The second-order valence-corrected chi connectivity index (χ2v) is 10.2. The van der Waals surface area contributed by atoms with E-state index >= 15 is 0 Å². The van der Waals surface area contributed by atoms with Crippen LogP contribution in [-0.4, -0.2) is 32.0 Å². The van der Waals surface area contributed by atoms with Gasteiger partial charge in [0.15, 0.2) is 11.6 Å². The number of benzene rings is 1. The van der Waals surface area contributed by atoms with E-state index in [1.807, 2.05) is 6.08 Å². The lowest BCUT2D eigenvalue weighted by molar-refractivity contribution is -0.0547. The zero-order chi connectivity index (χ0) is 23.2. The molecule has 184 valence electrons. The van der Waals surface area contributed by atoms with Crippen molar-refractivity contribution in [3.63, 3.8) is 0 Å². The van der Waals surface area contributed by atoms with E-state index in [9.17, 15) is 8.78 Å². The normalized spacial score (nSPS) is 32.9. The molecule has 1 aliphatic heterocycles. The first-order chi connectivity index (χ1) is 16.1. The average molecular weight is 463 g/mol. The van der Waals surface area contributed by atoms with E-state index in [1.165, 1.54) is 12.8 Å². The first kappa shape index (κ1) is 24.7.